The summed E-state index contributed by atoms with van der Waals surface area (Å²) in [5.41, 5.74) is 8.10. The number of nitrogens with one attached hydrogen (secondary N) is 1. The molecule has 1 aliphatic carbocycles. The summed E-state index contributed by atoms with van der Waals surface area (Å²) in [5.74, 6) is 0.389. The van der Waals surface area contributed by atoms with Crippen LogP contribution in [0.3, 0.4) is 0 Å². The van der Waals surface area contributed by atoms with E-state index in [1.165, 1.54) is 0 Å². The molecule has 1 fully saturated rings. The first-order valence-electron chi connectivity index (χ1n) is 4.89. The van der Waals surface area contributed by atoms with Crippen molar-refractivity contribution in [3.05, 3.63) is 0 Å². The van der Waals surface area contributed by atoms with Gasteiger partial charge in [0.25, 0.3) is 0 Å². The summed E-state index contributed by atoms with van der Waals surface area (Å²) >= 11 is 0. The molecule has 0 aromatic rings. The van der Waals surface area contributed by atoms with Crippen molar-refractivity contribution in [2.24, 2.45) is 11.7 Å². The predicted octanol–water partition coefficient (Wildman–Crippen LogP) is -0.192. The zero-order chi connectivity index (χ0) is 10.4. The van der Waals surface area contributed by atoms with Crippen LogP contribution in [0.15, 0.2) is 0 Å². The fourth-order valence-corrected chi connectivity index (χ4v) is 1.20. The Morgan fingerprint density at radius 1 is 1.57 bits per heavy atom. The molecule has 14 heavy (non-hydrogen) atoms. The van der Waals surface area contributed by atoms with Gasteiger partial charge in [-0.1, -0.05) is 0 Å². The molecule has 1 unspecified atom stereocenters. The molecule has 0 radical (unpaired) electrons. The van der Waals surface area contributed by atoms with Gasteiger partial charge in [-0.15, -0.1) is 0 Å². The summed E-state index contributed by atoms with van der Waals surface area (Å²) in [7, 11) is 1.58. The van der Waals surface area contributed by atoms with Crippen LogP contribution in [0, 0.1) is 5.92 Å². The average molecular weight is 202 g/mol. The minimum absolute atomic E-state index is 0.0129. The van der Waals surface area contributed by atoms with Crippen molar-refractivity contribution >= 4 is 5.91 Å². The Bertz CT molecular complexity index is 183. The smallest absolute Gasteiger partial charge is 0.245 e. The molecular weight excluding hydrogens is 184 g/mol. The van der Waals surface area contributed by atoms with Crippen LogP contribution in [0.5, 0.6) is 0 Å². The summed E-state index contributed by atoms with van der Waals surface area (Å²) in [6.07, 6.45) is 2.65. The molecule has 3 N–H and O–H groups in total. The van der Waals surface area contributed by atoms with Gasteiger partial charge < -0.3 is 10.5 Å². The predicted molar refractivity (Wildman–Crippen MR) is 51.3 cm³/mol. The van der Waals surface area contributed by atoms with Crippen molar-refractivity contribution in [1.29, 1.82) is 0 Å². The van der Waals surface area contributed by atoms with Gasteiger partial charge >= 0.3 is 0 Å². The third-order valence-electron chi connectivity index (χ3n) is 2.22. The highest BCUT2D eigenvalue weighted by Crippen LogP contribution is 2.32. The van der Waals surface area contributed by atoms with Crippen molar-refractivity contribution < 1.29 is 14.4 Å². The molecule has 1 aliphatic rings. The van der Waals surface area contributed by atoms with Crippen LogP contribution in [-0.2, 0) is 14.4 Å². The first kappa shape index (κ1) is 11.4. The molecule has 5 heteroatoms. The molecule has 1 atom stereocenters. The average Bonchev–Trinajstić information content (AvgIpc) is 2.95. The van der Waals surface area contributed by atoms with E-state index in [4.69, 9.17) is 15.3 Å². The number of hydrogen-bond donors (Lipinski definition) is 2. The Labute approximate surface area is 83.9 Å². The lowest BCUT2D eigenvalue weighted by atomic mass is 10.1. The summed E-state index contributed by atoms with van der Waals surface area (Å²) in [6.45, 7) is 0.829. The second kappa shape index (κ2) is 5.95. The van der Waals surface area contributed by atoms with E-state index < -0.39 is 0 Å². The molecule has 0 bridgehead atoms. The first-order chi connectivity index (χ1) is 6.74. The third-order valence-corrected chi connectivity index (χ3v) is 2.22. The van der Waals surface area contributed by atoms with Crippen LogP contribution in [-0.4, -0.2) is 32.3 Å². The molecule has 1 saturated carbocycles. The number of carbonyl (C=O) groups excluding carboxylic acids is 1. The van der Waals surface area contributed by atoms with Gasteiger partial charge in [0.2, 0.25) is 5.91 Å². The number of hydroxylamine groups is 1. The van der Waals surface area contributed by atoms with E-state index in [9.17, 15) is 4.79 Å². The zero-order valence-corrected chi connectivity index (χ0v) is 8.49. The van der Waals surface area contributed by atoms with E-state index >= 15 is 0 Å². The minimum atomic E-state index is -0.152. The number of hydrogen-bond acceptors (Lipinski definition) is 4. The maximum Gasteiger partial charge on any atom is 0.245 e. The number of nitrogens with two attached hydrogens (primary N) is 1. The fourth-order valence-electron chi connectivity index (χ4n) is 1.20. The van der Waals surface area contributed by atoms with Gasteiger partial charge in [-0.25, -0.2) is 5.48 Å². The molecule has 1 amide bonds. The Hall–Kier alpha value is -0.650. The zero-order valence-electron chi connectivity index (χ0n) is 8.49. The van der Waals surface area contributed by atoms with Crippen LogP contribution in [0.2, 0.25) is 0 Å². The van der Waals surface area contributed by atoms with E-state index in [-0.39, 0.29) is 11.9 Å². The number of carbonyl (C=O) groups is 1. The second-order valence-corrected chi connectivity index (χ2v) is 3.57. The van der Waals surface area contributed by atoms with Crippen LogP contribution in [0.1, 0.15) is 19.3 Å². The largest absolute Gasteiger partial charge is 0.382 e. The summed E-state index contributed by atoms with van der Waals surface area (Å²) in [4.78, 5) is 16.0. The number of methoxy groups -OCH3 is 1. The first-order valence-corrected chi connectivity index (χ1v) is 4.89. The summed E-state index contributed by atoms with van der Waals surface area (Å²) in [5, 5.41) is 0. The molecule has 0 spiro atoms. The van der Waals surface area contributed by atoms with Crippen molar-refractivity contribution in [1.82, 2.24) is 5.48 Å². The Morgan fingerprint density at radius 2 is 2.29 bits per heavy atom. The molecule has 5 nitrogen and oxygen atoms in total. The van der Waals surface area contributed by atoms with Crippen LogP contribution in [0.25, 0.3) is 0 Å². The van der Waals surface area contributed by atoms with E-state index in [0.717, 1.165) is 12.8 Å². The maximum atomic E-state index is 11.2. The van der Waals surface area contributed by atoms with Gasteiger partial charge in [0, 0.05) is 19.6 Å². The van der Waals surface area contributed by atoms with Crippen LogP contribution >= 0.6 is 0 Å². The molecule has 0 aromatic carbocycles. The Kier molecular flexibility index (Phi) is 4.86. The lowest BCUT2D eigenvalue weighted by Crippen LogP contribution is -2.33. The quantitative estimate of drug-likeness (QED) is 0.443. The molecule has 0 heterocycles. The molecule has 0 aromatic heterocycles. The fraction of sp³-hybridized carbons (Fsp3) is 0.889. The van der Waals surface area contributed by atoms with Crippen molar-refractivity contribution in [3.63, 3.8) is 0 Å². The Balaban J connectivity index is 1.97. The standard InChI is InChI=1S/C9H18N2O3/c1-13-4-5-14-11-9(12)6-8(10)7-2-3-7/h7-8H,2-6,10H2,1H3,(H,11,12). The minimum Gasteiger partial charge on any atom is -0.382 e. The highest BCUT2D eigenvalue weighted by molar-refractivity contribution is 5.75. The van der Waals surface area contributed by atoms with Gasteiger partial charge in [-0.2, -0.15) is 0 Å². The molecular formula is C9H18N2O3. The van der Waals surface area contributed by atoms with Gasteiger partial charge in [0.05, 0.1) is 13.2 Å². The molecule has 1 rings (SSSR count). The highest BCUT2D eigenvalue weighted by Gasteiger charge is 2.29. The number of ether oxygens (including phenoxy) is 1. The highest BCUT2D eigenvalue weighted by atomic mass is 16.7. The van der Waals surface area contributed by atoms with Gasteiger partial charge in [-0.3, -0.25) is 9.63 Å². The summed E-state index contributed by atoms with van der Waals surface area (Å²) < 4.78 is 4.75. The third kappa shape index (κ3) is 4.55. The second-order valence-electron chi connectivity index (χ2n) is 3.57. The van der Waals surface area contributed by atoms with Gasteiger partial charge in [0.15, 0.2) is 0 Å². The Morgan fingerprint density at radius 3 is 2.86 bits per heavy atom. The van der Waals surface area contributed by atoms with E-state index in [1.54, 1.807) is 7.11 Å². The molecule has 0 saturated heterocycles. The van der Waals surface area contributed by atoms with Gasteiger partial charge in [0.1, 0.15) is 0 Å². The topological polar surface area (TPSA) is 73.6 Å². The molecule has 82 valence electrons. The van der Waals surface area contributed by atoms with E-state index in [2.05, 4.69) is 5.48 Å². The normalized spacial score (nSPS) is 17.9. The lowest BCUT2D eigenvalue weighted by Gasteiger charge is -2.10. The van der Waals surface area contributed by atoms with E-state index in [0.29, 0.717) is 25.6 Å². The van der Waals surface area contributed by atoms with Crippen molar-refractivity contribution in [3.8, 4) is 0 Å². The van der Waals surface area contributed by atoms with Crippen LogP contribution < -0.4 is 11.2 Å². The SMILES string of the molecule is COCCONC(=O)CC(N)C1CC1. The number of rotatable bonds is 7. The number of amides is 1. The maximum absolute atomic E-state index is 11.2. The van der Waals surface area contributed by atoms with Crippen molar-refractivity contribution in [2.45, 2.75) is 25.3 Å². The van der Waals surface area contributed by atoms with Crippen molar-refractivity contribution in [2.75, 3.05) is 20.3 Å². The van der Waals surface area contributed by atoms with Crippen LogP contribution in [0.4, 0.5) is 0 Å². The monoisotopic (exact) mass is 202 g/mol. The van der Waals surface area contributed by atoms with Gasteiger partial charge in [-0.05, 0) is 18.8 Å². The lowest BCUT2D eigenvalue weighted by molar-refractivity contribution is -0.135. The van der Waals surface area contributed by atoms with E-state index in [1.807, 2.05) is 0 Å². The summed E-state index contributed by atoms with van der Waals surface area (Å²) in [6, 6.07) is -0.0129. The molecule has 0 aliphatic heterocycles.